The SMILES string of the molecule is NCC(CCCNC1CCCCO1)c1ccc(Cl)c(Cl)c1. The standard InChI is InChI=1S/C16H24Cl2N2O/c17-14-7-6-12(10-15(14)18)13(11-19)4-3-8-20-16-5-1-2-9-21-16/h6-7,10,13,16,20H,1-5,8-9,11,19H2. The molecule has 0 aromatic heterocycles. The maximum Gasteiger partial charge on any atom is 0.108 e. The summed E-state index contributed by atoms with van der Waals surface area (Å²) in [5, 5.41) is 4.65. The highest BCUT2D eigenvalue weighted by Gasteiger charge is 2.14. The molecule has 0 saturated carbocycles. The van der Waals surface area contributed by atoms with Gasteiger partial charge in [0.2, 0.25) is 0 Å². The second kappa shape index (κ2) is 8.96. The van der Waals surface area contributed by atoms with Crippen molar-refractivity contribution in [1.82, 2.24) is 5.32 Å². The van der Waals surface area contributed by atoms with Crippen LogP contribution in [0, 0.1) is 0 Å². The average molecular weight is 331 g/mol. The van der Waals surface area contributed by atoms with Gasteiger partial charge in [-0.2, -0.15) is 0 Å². The minimum absolute atomic E-state index is 0.236. The molecule has 3 N–H and O–H groups in total. The Morgan fingerprint density at radius 3 is 2.81 bits per heavy atom. The molecule has 0 amide bonds. The van der Waals surface area contributed by atoms with Crippen molar-refractivity contribution in [3.8, 4) is 0 Å². The van der Waals surface area contributed by atoms with E-state index in [0.717, 1.165) is 32.4 Å². The maximum absolute atomic E-state index is 6.08. The van der Waals surface area contributed by atoms with Crippen LogP contribution < -0.4 is 11.1 Å². The van der Waals surface area contributed by atoms with Gasteiger partial charge in [-0.1, -0.05) is 29.3 Å². The van der Waals surface area contributed by atoms with Gasteiger partial charge in [-0.15, -0.1) is 0 Å². The lowest BCUT2D eigenvalue weighted by Crippen LogP contribution is -2.35. The molecule has 0 aliphatic carbocycles. The Balaban J connectivity index is 1.75. The van der Waals surface area contributed by atoms with E-state index in [-0.39, 0.29) is 6.23 Å². The van der Waals surface area contributed by atoms with Crippen molar-refractivity contribution in [3.63, 3.8) is 0 Å². The summed E-state index contributed by atoms with van der Waals surface area (Å²) < 4.78 is 5.66. The molecule has 1 aliphatic rings. The number of nitrogens with two attached hydrogens (primary N) is 1. The van der Waals surface area contributed by atoms with Crippen LogP contribution in [0.2, 0.25) is 10.0 Å². The third-order valence-corrected chi connectivity index (χ3v) is 4.72. The Kier molecular flexibility index (Phi) is 7.27. The van der Waals surface area contributed by atoms with Crippen LogP contribution in [0.3, 0.4) is 0 Å². The summed E-state index contributed by atoms with van der Waals surface area (Å²) in [5.74, 6) is 0.328. The Morgan fingerprint density at radius 2 is 2.14 bits per heavy atom. The molecule has 2 unspecified atom stereocenters. The molecule has 5 heteroatoms. The molecule has 1 aromatic carbocycles. The Bertz CT molecular complexity index is 436. The molecule has 2 atom stereocenters. The topological polar surface area (TPSA) is 47.3 Å². The van der Waals surface area contributed by atoms with Crippen molar-refractivity contribution in [3.05, 3.63) is 33.8 Å². The molecule has 0 bridgehead atoms. The van der Waals surface area contributed by atoms with E-state index in [1.54, 1.807) is 0 Å². The van der Waals surface area contributed by atoms with Crippen molar-refractivity contribution in [2.45, 2.75) is 44.2 Å². The van der Waals surface area contributed by atoms with Crippen LogP contribution in [-0.4, -0.2) is 25.9 Å². The van der Waals surface area contributed by atoms with Crippen molar-refractivity contribution >= 4 is 23.2 Å². The van der Waals surface area contributed by atoms with Gasteiger partial charge in [0.05, 0.1) is 10.0 Å². The predicted octanol–water partition coefficient (Wildman–Crippen LogP) is 3.93. The van der Waals surface area contributed by atoms with E-state index in [4.69, 9.17) is 33.7 Å². The molecule has 1 aromatic rings. The molecule has 118 valence electrons. The first-order chi connectivity index (χ1) is 10.2. The lowest BCUT2D eigenvalue weighted by atomic mass is 9.94. The van der Waals surface area contributed by atoms with E-state index in [1.807, 2.05) is 18.2 Å². The average Bonchev–Trinajstić information content (AvgIpc) is 2.51. The van der Waals surface area contributed by atoms with Crippen LogP contribution in [0.15, 0.2) is 18.2 Å². The van der Waals surface area contributed by atoms with Gasteiger partial charge >= 0.3 is 0 Å². The normalized spacial score (nSPS) is 20.4. The quantitative estimate of drug-likeness (QED) is 0.744. The monoisotopic (exact) mass is 330 g/mol. The van der Waals surface area contributed by atoms with E-state index < -0.39 is 0 Å². The zero-order valence-electron chi connectivity index (χ0n) is 12.3. The molecule has 1 heterocycles. The van der Waals surface area contributed by atoms with Crippen LogP contribution in [0.5, 0.6) is 0 Å². The highest BCUT2D eigenvalue weighted by molar-refractivity contribution is 6.42. The molecule has 0 radical (unpaired) electrons. The molecule has 1 aliphatic heterocycles. The highest BCUT2D eigenvalue weighted by Crippen LogP contribution is 2.28. The van der Waals surface area contributed by atoms with E-state index in [0.29, 0.717) is 22.5 Å². The van der Waals surface area contributed by atoms with Gasteiger partial charge in [-0.25, -0.2) is 0 Å². The number of benzene rings is 1. The Hall–Kier alpha value is -0.320. The molecule has 2 rings (SSSR count). The zero-order valence-corrected chi connectivity index (χ0v) is 13.8. The first kappa shape index (κ1) is 17.0. The molecule has 21 heavy (non-hydrogen) atoms. The van der Waals surface area contributed by atoms with E-state index in [2.05, 4.69) is 5.32 Å². The van der Waals surface area contributed by atoms with Crippen molar-refractivity contribution in [2.75, 3.05) is 19.7 Å². The van der Waals surface area contributed by atoms with E-state index in [1.165, 1.54) is 18.4 Å². The van der Waals surface area contributed by atoms with E-state index >= 15 is 0 Å². The smallest absolute Gasteiger partial charge is 0.108 e. The second-order valence-electron chi connectivity index (χ2n) is 5.56. The van der Waals surface area contributed by atoms with Gasteiger partial charge in [-0.05, 0) is 68.8 Å². The minimum atomic E-state index is 0.236. The number of rotatable bonds is 7. The van der Waals surface area contributed by atoms with Crippen molar-refractivity contribution in [1.29, 1.82) is 0 Å². The van der Waals surface area contributed by atoms with Gasteiger partial charge in [0.15, 0.2) is 0 Å². The fourth-order valence-electron chi connectivity index (χ4n) is 2.70. The molecular formula is C16H24Cl2N2O. The lowest BCUT2D eigenvalue weighted by Gasteiger charge is -2.24. The van der Waals surface area contributed by atoms with Crippen LogP contribution in [0.25, 0.3) is 0 Å². The number of hydrogen-bond donors (Lipinski definition) is 2. The molecule has 0 spiro atoms. The third-order valence-electron chi connectivity index (χ3n) is 3.98. The largest absolute Gasteiger partial charge is 0.363 e. The van der Waals surface area contributed by atoms with Gasteiger partial charge in [0.1, 0.15) is 6.23 Å². The summed E-state index contributed by atoms with van der Waals surface area (Å²) in [6.45, 7) is 2.47. The van der Waals surface area contributed by atoms with Crippen LogP contribution in [-0.2, 0) is 4.74 Å². The molecule has 1 fully saturated rings. The second-order valence-corrected chi connectivity index (χ2v) is 6.37. The summed E-state index contributed by atoms with van der Waals surface area (Å²) in [5.41, 5.74) is 7.06. The van der Waals surface area contributed by atoms with Crippen LogP contribution >= 0.6 is 23.2 Å². The molecule has 1 saturated heterocycles. The van der Waals surface area contributed by atoms with Gasteiger partial charge < -0.3 is 10.5 Å². The van der Waals surface area contributed by atoms with Crippen LogP contribution in [0.4, 0.5) is 0 Å². The van der Waals surface area contributed by atoms with Crippen LogP contribution in [0.1, 0.15) is 43.6 Å². The minimum Gasteiger partial charge on any atom is -0.363 e. The third kappa shape index (κ3) is 5.42. The lowest BCUT2D eigenvalue weighted by molar-refractivity contribution is -0.00518. The number of nitrogens with one attached hydrogen (secondary N) is 1. The summed E-state index contributed by atoms with van der Waals surface area (Å²) >= 11 is 12.0. The summed E-state index contributed by atoms with van der Waals surface area (Å²) in [6.07, 6.45) is 5.90. The summed E-state index contributed by atoms with van der Waals surface area (Å²) in [7, 11) is 0. The first-order valence-corrected chi connectivity index (χ1v) is 8.46. The van der Waals surface area contributed by atoms with Gasteiger partial charge in [0, 0.05) is 6.61 Å². The first-order valence-electron chi connectivity index (χ1n) is 7.70. The predicted molar refractivity (Wildman–Crippen MR) is 89.1 cm³/mol. The Morgan fingerprint density at radius 1 is 1.29 bits per heavy atom. The Labute approximate surface area is 137 Å². The highest BCUT2D eigenvalue weighted by atomic mass is 35.5. The summed E-state index contributed by atoms with van der Waals surface area (Å²) in [6, 6.07) is 5.79. The van der Waals surface area contributed by atoms with Crippen molar-refractivity contribution < 1.29 is 4.74 Å². The molecular weight excluding hydrogens is 307 g/mol. The van der Waals surface area contributed by atoms with Crippen molar-refractivity contribution in [2.24, 2.45) is 5.73 Å². The fourth-order valence-corrected chi connectivity index (χ4v) is 3.01. The number of ether oxygens (including phenoxy) is 1. The number of halogens is 2. The number of hydrogen-bond acceptors (Lipinski definition) is 3. The van der Waals surface area contributed by atoms with E-state index in [9.17, 15) is 0 Å². The molecule has 3 nitrogen and oxygen atoms in total. The fraction of sp³-hybridized carbons (Fsp3) is 0.625. The zero-order chi connectivity index (χ0) is 15.1. The van der Waals surface area contributed by atoms with Gasteiger partial charge in [0.25, 0.3) is 0 Å². The van der Waals surface area contributed by atoms with Gasteiger partial charge in [-0.3, -0.25) is 5.32 Å². The summed E-state index contributed by atoms with van der Waals surface area (Å²) in [4.78, 5) is 0. The maximum atomic E-state index is 6.08.